The molecule has 46 heavy (non-hydrogen) atoms. The Hall–Kier alpha value is -2.87. The van der Waals surface area contributed by atoms with Gasteiger partial charge in [-0.2, -0.15) is 47.9 Å². The van der Waals surface area contributed by atoms with Gasteiger partial charge in [0.25, 0.3) is 23.6 Å². The minimum Gasteiger partial charge on any atom is -0.462 e. The van der Waals surface area contributed by atoms with Gasteiger partial charge >= 0.3 is 44.0 Å². The molecular weight excluding hydrogens is 747 g/mol. The number of hydrogen-bond acceptors (Lipinski definition) is 13. The first-order valence-corrected chi connectivity index (χ1v) is 18.0. The van der Waals surface area contributed by atoms with E-state index in [0.29, 0.717) is 18.6 Å². The number of esters is 2. The molecule has 266 valence electrons. The third-order valence-corrected chi connectivity index (χ3v) is 15.2. The van der Waals surface area contributed by atoms with Gasteiger partial charge in [0.15, 0.2) is 9.84 Å². The van der Waals surface area contributed by atoms with E-state index in [9.17, 15) is 82.8 Å². The van der Waals surface area contributed by atoms with Crippen LogP contribution < -0.4 is 4.18 Å². The van der Waals surface area contributed by atoms with Crippen molar-refractivity contribution in [2.45, 2.75) is 46.1 Å². The molecule has 0 aliphatic rings. The lowest BCUT2D eigenvalue weighted by Crippen LogP contribution is -2.64. The van der Waals surface area contributed by atoms with Crippen molar-refractivity contribution in [3.05, 3.63) is 29.8 Å². The number of carbonyl (C=O) groups is 2. The minimum absolute atomic E-state index is 0.287. The van der Waals surface area contributed by atoms with E-state index in [0.717, 1.165) is 0 Å². The molecule has 0 saturated carbocycles. The van der Waals surface area contributed by atoms with Crippen molar-refractivity contribution in [3.63, 3.8) is 0 Å². The molecule has 0 aliphatic carbocycles. The van der Waals surface area contributed by atoms with Crippen molar-refractivity contribution in [2.24, 2.45) is 5.92 Å². The van der Waals surface area contributed by atoms with Crippen molar-refractivity contribution < 1.29 is 96.4 Å². The van der Waals surface area contributed by atoms with Gasteiger partial charge in [-0.1, -0.05) is 13.8 Å². The Morgan fingerprint density at radius 1 is 0.739 bits per heavy atom. The smallest absolute Gasteiger partial charge is 0.462 e. The molecule has 0 aromatic heterocycles. The standard InChI is InChI=1S/C20H21F9O13S4/c1-4-11(2)14(30)40-9-10-41-15(31)12-5-7-13(8-6-12)42-46(38,39)19(25,26)17(21,22)18(23,24)44(34,35)16(43(3,32)33)45(36,37)20(27,28)29/h5-8,11,16H,4,9-10H2,1-3H3. The maximum Gasteiger partial charge on any atom is 0.499 e. The molecule has 26 heteroatoms. The minimum atomic E-state index is -8.47. The topological polar surface area (TPSA) is 198 Å². The summed E-state index contributed by atoms with van der Waals surface area (Å²) >= 11 is 0. The number of halogens is 9. The van der Waals surface area contributed by atoms with E-state index in [2.05, 4.69) is 4.18 Å². The van der Waals surface area contributed by atoms with Crippen molar-refractivity contribution in [3.8, 4) is 5.75 Å². The second-order valence-corrected chi connectivity index (χ2v) is 17.6. The van der Waals surface area contributed by atoms with Gasteiger partial charge in [-0.3, -0.25) is 4.79 Å². The SMILES string of the molecule is CCC(C)C(=O)OCCOC(=O)c1ccc(OS(=O)(=O)C(F)(F)C(F)(F)C(F)(F)S(=O)(=O)C(S(C)(=O)=O)S(=O)(=O)C(F)(F)F)cc1. The fourth-order valence-corrected chi connectivity index (χ4v) is 11.2. The first-order valence-electron chi connectivity index (χ1n) is 11.6. The van der Waals surface area contributed by atoms with Gasteiger partial charge in [0, 0.05) is 6.26 Å². The molecule has 0 heterocycles. The number of rotatable bonds is 15. The van der Waals surface area contributed by atoms with E-state index in [1.165, 1.54) is 0 Å². The van der Waals surface area contributed by atoms with Crippen molar-refractivity contribution in [1.82, 2.24) is 0 Å². The molecule has 0 bridgehead atoms. The molecule has 0 saturated heterocycles. The normalized spacial score (nSPS) is 15.5. The lowest BCUT2D eigenvalue weighted by atomic mass is 10.1. The van der Waals surface area contributed by atoms with Gasteiger partial charge in [-0.15, -0.1) is 0 Å². The molecular formula is C20H21F9O13S4. The Kier molecular flexibility index (Phi) is 11.9. The second kappa shape index (κ2) is 13.3. The van der Waals surface area contributed by atoms with Gasteiger partial charge < -0.3 is 13.7 Å². The van der Waals surface area contributed by atoms with E-state index in [1.807, 2.05) is 0 Å². The van der Waals surface area contributed by atoms with Gasteiger partial charge in [-0.25, -0.2) is 30.0 Å². The van der Waals surface area contributed by atoms with Gasteiger partial charge in [-0.05, 0) is 30.7 Å². The van der Waals surface area contributed by atoms with E-state index < -0.39 is 114 Å². The third kappa shape index (κ3) is 7.80. The van der Waals surface area contributed by atoms with Crippen LogP contribution in [0.15, 0.2) is 24.3 Å². The van der Waals surface area contributed by atoms with E-state index >= 15 is 0 Å². The zero-order valence-electron chi connectivity index (χ0n) is 22.9. The molecule has 0 radical (unpaired) electrons. The van der Waals surface area contributed by atoms with Gasteiger partial charge in [0.1, 0.15) is 19.0 Å². The van der Waals surface area contributed by atoms with Crippen LogP contribution in [0, 0.1) is 5.92 Å². The summed E-state index contributed by atoms with van der Waals surface area (Å²) < 4.78 is 227. The summed E-state index contributed by atoms with van der Waals surface area (Å²) in [4.78, 5) is 23.5. The average molecular weight is 769 g/mol. The molecule has 13 nitrogen and oxygen atoms in total. The third-order valence-electron chi connectivity index (χ3n) is 5.45. The monoisotopic (exact) mass is 768 g/mol. The number of benzene rings is 1. The van der Waals surface area contributed by atoms with E-state index in [4.69, 9.17) is 9.47 Å². The Morgan fingerprint density at radius 3 is 1.61 bits per heavy atom. The Labute approximate surface area is 254 Å². The van der Waals surface area contributed by atoms with Crippen LogP contribution in [0.25, 0.3) is 0 Å². The molecule has 0 N–H and O–H groups in total. The van der Waals surface area contributed by atoms with Crippen LogP contribution >= 0.6 is 0 Å². The van der Waals surface area contributed by atoms with Crippen LogP contribution in [0.1, 0.15) is 30.6 Å². The Bertz CT molecular complexity index is 1740. The molecule has 1 aromatic carbocycles. The molecule has 2 atom stereocenters. The van der Waals surface area contributed by atoms with Crippen molar-refractivity contribution in [2.75, 3.05) is 19.5 Å². The van der Waals surface area contributed by atoms with Gasteiger partial charge in [0.2, 0.25) is 0 Å². The summed E-state index contributed by atoms with van der Waals surface area (Å²) in [5, 5.41) is -15.3. The largest absolute Gasteiger partial charge is 0.499 e. The van der Waals surface area contributed by atoms with Crippen LogP contribution in [0.4, 0.5) is 39.5 Å². The van der Waals surface area contributed by atoms with Crippen LogP contribution in [0.2, 0.25) is 0 Å². The Balaban J connectivity index is 3.35. The highest BCUT2D eigenvalue weighted by molar-refractivity contribution is 8.24. The summed E-state index contributed by atoms with van der Waals surface area (Å²) in [6, 6.07) is 1.67. The van der Waals surface area contributed by atoms with Gasteiger partial charge in [0.05, 0.1) is 11.5 Å². The average Bonchev–Trinajstić information content (AvgIpc) is 2.88. The lowest BCUT2D eigenvalue weighted by Gasteiger charge is -2.32. The molecule has 1 rings (SSSR count). The maximum atomic E-state index is 14.5. The zero-order chi connectivity index (χ0) is 36.5. The van der Waals surface area contributed by atoms with Crippen LogP contribution in [0.5, 0.6) is 5.75 Å². The van der Waals surface area contributed by atoms with E-state index in [1.54, 1.807) is 13.8 Å². The molecule has 0 amide bonds. The quantitative estimate of drug-likeness (QED) is 0.109. The lowest BCUT2D eigenvalue weighted by molar-refractivity contribution is -0.245. The predicted octanol–water partition coefficient (Wildman–Crippen LogP) is 2.64. The Morgan fingerprint density at radius 2 is 1.20 bits per heavy atom. The van der Waals surface area contributed by atoms with E-state index in [-0.39, 0.29) is 12.1 Å². The van der Waals surface area contributed by atoms with Crippen molar-refractivity contribution >= 4 is 51.6 Å². The predicted molar refractivity (Wildman–Crippen MR) is 134 cm³/mol. The zero-order valence-corrected chi connectivity index (χ0v) is 26.2. The first kappa shape index (κ1) is 41.2. The summed E-state index contributed by atoms with van der Waals surface area (Å²) in [7, 11) is -30.5. The van der Waals surface area contributed by atoms with Crippen LogP contribution in [-0.2, 0) is 53.9 Å². The van der Waals surface area contributed by atoms with Crippen molar-refractivity contribution in [1.29, 1.82) is 0 Å². The maximum absolute atomic E-state index is 14.5. The summed E-state index contributed by atoms with van der Waals surface area (Å²) in [6.07, 6.45) is -0.323. The molecule has 0 fully saturated rings. The molecule has 0 spiro atoms. The fourth-order valence-electron chi connectivity index (χ4n) is 2.86. The number of sulfone groups is 3. The first-order chi connectivity index (χ1) is 20.3. The number of carbonyl (C=O) groups excluding carboxylic acids is 2. The molecule has 0 aliphatic heterocycles. The van der Waals surface area contributed by atoms with Crippen LogP contribution in [0.3, 0.4) is 0 Å². The number of alkyl halides is 9. The summed E-state index contributed by atoms with van der Waals surface area (Å²) in [5.41, 5.74) is -7.55. The number of ether oxygens (including phenoxy) is 2. The number of hydrogen-bond donors (Lipinski definition) is 0. The molecule has 2 unspecified atom stereocenters. The molecule has 1 aromatic rings. The summed E-state index contributed by atoms with van der Waals surface area (Å²) in [6.45, 7) is 2.30. The summed E-state index contributed by atoms with van der Waals surface area (Å²) in [5.74, 6) is -11.7. The highest BCUT2D eigenvalue weighted by Crippen LogP contribution is 2.53. The van der Waals surface area contributed by atoms with Crippen LogP contribution in [-0.4, -0.2) is 90.9 Å². The second-order valence-electron chi connectivity index (χ2n) is 8.94. The highest BCUT2D eigenvalue weighted by atomic mass is 32.3. The fraction of sp³-hybridized carbons (Fsp3) is 0.600. The highest BCUT2D eigenvalue weighted by Gasteiger charge is 2.85.